The summed E-state index contributed by atoms with van der Waals surface area (Å²) >= 11 is 1.49. The normalized spacial score (nSPS) is 23.8. The van der Waals surface area contributed by atoms with Crippen molar-refractivity contribution in [3.8, 4) is 0 Å². The Labute approximate surface area is 127 Å². The van der Waals surface area contributed by atoms with Crippen molar-refractivity contribution in [3.63, 3.8) is 0 Å². The Bertz CT molecular complexity index is 696. The molecular weight excluding hydrogens is 288 g/mol. The molecule has 0 bridgehead atoms. The van der Waals surface area contributed by atoms with E-state index in [2.05, 4.69) is 28.8 Å². The van der Waals surface area contributed by atoms with Gasteiger partial charge in [-0.15, -0.1) is 0 Å². The van der Waals surface area contributed by atoms with Crippen molar-refractivity contribution in [3.05, 3.63) is 27.1 Å². The van der Waals surface area contributed by atoms with Crippen LogP contribution in [0.4, 0.5) is 0 Å². The number of hydrogen-bond acceptors (Lipinski definition) is 6. The first-order valence-electron chi connectivity index (χ1n) is 7.31. The molecule has 2 aromatic heterocycles. The lowest BCUT2D eigenvalue weighted by atomic mass is 10.2. The smallest absolute Gasteiger partial charge is 0.275 e. The van der Waals surface area contributed by atoms with E-state index < -0.39 is 0 Å². The van der Waals surface area contributed by atoms with Crippen molar-refractivity contribution in [1.29, 1.82) is 0 Å². The minimum Gasteiger partial charge on any atom is -0.376 e. The molecule has 0 unspecified atom stereocenters. The number of rotatable bonds is 3. The third kappa shape index (κ3) is 3.00. The fraction of sp³-hybridized carbons (Fsp3) is 0.643. The lowest BCUT2D eigenvalue weighted by Crippen LogP contribution is -2.46. The number of aryl methyl sites for hydroxylation is 1. The van der Waals surface area contributed by atoms with Gasteiger partial charge in [0.2, 0.25) is 4.96 Å². The maximum atomic E-state index is 12.1. The summed E-state index contributed by atoms with van der Waals surface area (Å²) in [6.45, 7) is 8.51. The fourth-order valence-corrected chi connectivity index (χ4v) is 3.38. The van der Waals surface area contributed by atoms with Crippen LogP contribution in [0.1, 0.15) is 31.5 Å². The molecule has 1 aliphatic rings. The van der Waals surface area contributed by atoms with Crippen molar-refractivity contribution in [2.24, 2.45) is 0 Å². The van der Waals surface area contributed by atoms with E-state index in [1.54, 1.807) is 6.07 Å². The van der Waals surface area contributed by atoms with Crippen LogP contribution >= 0.6 is 11.3 Å². The summed E-state index contributed by atoms with van der Waals surface area (Å²) in [5, 5.41) is 5.21. The molecule has 2 atom stereocenters. The molecule has 3 heterocycles. The molecule has 0 aromatic carbocycles. The van der Waals surface area contributed by atoms with Crippen LogP contribution in [-0.2, 0) is 17.7 Å². The van der Waals surface area contributed by atoms with Crippen LogP contribution in [0, 0.1) is 0 Å². The average Bonchev–Trinajstić information content (AvgIpc) is 2.86. The van der Waals surface area contributed by atoms with Gasteiger partial charge in [0.25, 0.3) is 5.56 Å². The summed E-state index contributed by atoms with van der Waals surface area (Å²) in [6, 6.07) is 1.94. The van der Waals surface area contributed by atoms with E-state index in [9.17, 15) is 4.79 Å². The summed E-state index contributed by atoms with van der Waals surface area (Å²) in [4.78, 5) is 19.7. The monoisotopic (exact) mass is 308 g/mol. The number of nitrogens with zero attached hydrogens (tertiary/aromatic N) is 4. The van der Waals surface area contributed by atoms with Crippen LogP contribution in [-0.4, -0.2) is 44.8 Å². The van der Waals surface area contributed by atoms with Crippen LogP contribution in [0.25, 0.3) is 4.96 Å². The van der Waals surface area contributed by atoms with Gasteiger partial charge in [-0.05, 0) is 20.3 Å². The van der Waals surface area contributed by atoms with Crippen LogP contribution in [0.2, 0.25) is 0 Å². The first kappa shape index (κ1) is 14.6. The van der Waals surface area contributed by atoms with Gasteiger partial charge in [0, 0.05) is 25.2 Å². The molecule has 1 aliphatic heterocycles. The maximum absolute atomic E-state index is 12.1. The Hall–Kier alpha value is -1.31. The molecule has 1 saturated heterocycles. The Morgan fingerprint density at radius 3 is 3.05 bits per heavy atom. The molecule has 114 valence electrons. The maximum Gasteiger partial charge on any atom is 0.275 e. The van der Waals surface area contributed by atoms with Crippen molar-refractivity contribution in [1.82, 2.24) is 19.5 Å². The molecule has 0 saturated carbocycles. The summed E-state index contributed by atoms with van der Waals surface area (Å²) in [7, 11) is 0. The third-order valence-corrected chi connectivity index (χ3v) is 4.80. The van der Waals surface area contributed by atoms with Gasteiger partial charge in [-0.3, -0.25) is 9.69 Å². The second kappa shape index (κ2) is 5.82. The zero-order valence-corrected chi connectivity index (χ0v) is 13.4. The Kier molecular flexibility index (Phi) is 4.05. The van der Waals surface area contributed by atoms with Gasteiger partial charge >= 0.3 is 0 Å². The molecule has 0 radical (unpaired) electrons. The third-order valence-electron chi connectivity index (χ3n) is 3.74. The fourth-order valence-electron chi connectivity index (χ4n) is 2.52. The zero-order chi connectivity index (χ0) is 15.0. The second-order valence-electron chi connectivity index (χ2n) is 5.55. The quantitative estimate of drug-likeness (QED) is 0.856. The summed E-state index contributed by atoms with van der Waals surface area (Å²) in [5.41, 5.74) is 0.715. The highest BCUT2D eigenvalue weighted by molar-refractivity contribution is 7.16. The van der Waals surface area contributed by atoms with Crippen molar-refractivity contribution < 1.29 is 4.74 Å². The first-order valence-corrected chi connectivity index (χ1v) is 8.12. The SMILES string of the molecule is CCc1nn2c(=O)cc(CN3C[C@H](C)OC[C@@H]3C)nc2s1. The highest BCUT2D eigenvalue weighted by atomic mass is 32.1. The van der Waals surface area contributed by atoms with Gasteiger partial charge in [0.05, 0.1) is 18.4 Å². The second-order valence-corrected chi connectivity index (χ2v) is 6.59. The molecule has 0 aliphatic carbocycles. The lowest BCUT2D eigenvalue weighted by molar-refractivity contribution is -0.0530. The van der Waals surface area contributed by atoms with E-state index in [0.29, 0.717) is 17.5 Å². The predicted octanol–water partition coefficient (Wildman–Crippen LogP) is 1.32. The number of hydrogen-bond donors (Lipinski definition) is 0. The van der Waals surface area contributed by atoms with Gasteiger partial charge in [-0.1, -0.05) is 18.3 Å². The highest BCUT2D eigenvalue weighted by Gasteiger charge is 2.24. The highest BCUT2D eigenvalue weighted by Crippen LogP contribution is 2.16. The largest absolute Gasteiger partial charge is 0.376 e. The van der Waals surface area contributed by atoms with Crippen LogP contribution in [0.15, 0.2) is 10.9 Å². The van der Waals surface area contributed by atoms with Crippen LogP contribution < -0.4 is 5.56 Å². The van der Waals surface area contributed by atoms with Crippen molar-refractivity contribution in [2.45, 2.75) is 45.9 Å². The van der Waals surface area contributed by atoms with Crippen LogP contribution in [0.5, 0.6) is 0 Å². The molecule has 3 rings (SSSR count). The van der Waals surface area contributed by atoms with Crippen LogP contribution in [0.3, 0.4) is 0 Å². The molecule has 2 aromatic rings. The predicted molar refractivity (Wildman–Crippen MR) is 81.8 cm³/mol. The standard InChI is InChI=1S/C14H20N4O2S/c1-4-12-16-18-13(19)5-11(15-14(18)21-12)7-17-6-10(3)20-8-9(17)2/h5,9-10H,4,6-8H2,1-3H3/t9-,10-/m0/s1. The molecular formula is C14H20N4O2S. The molecule has 21 heavy (non-hydrogen) atoms. The number of fused-ring (bicyclic) bond motifs is 1. The molecule has 0 N–H and O–H groups in total. The minimum atomic E-state index is -0.0973. The number of ether oxygens (including phenoxy) is 1. The van der Waals surface area contributed by atoms with E-state index in [1.165, 1.54) is 15.9 Å². The van der Waals surface area contributed by atoms with E-state index in [-0.39, 0.29) is 11.7 Å². The number of aromatic nitrogens is 3. The zero-order valence-electron chi connectivity index (χ0n) is 12.6. The van der Waals surface area contributed by atoms with Gasteiger partial charge in [-0.2, -0.15) is 9.61 Å². The Morgan fingerprint density at radius 1 is 1.48 bits per heavy atom. The average molecular weight is 308 g/mol. The minimum absolute atomic E-state index is 0.0973. The van der Waals surface area contributed by atoms with E-state index in [0.717, 1.165) is 30.3 Å². The molecule has 1 fully saturated rings. The van der Waals surface area contributed by atoms with Gasteiger partial charge in [0.15, 0.2) is 0 Å². The van der Waals surface area contributed by atoms with E-state index >= 15 is 0 Å². The molecule has 6 nitrogen and oxygen atoms in total. The Morgan fingerprint density at radius 2 is 2.29 bits per heavy atom. The van der Waals surface area contributed by atoms with Crippen molar-refractivity contribution in [2.75, 3.05) is 13.2 Å². The molecule has 0 amide bonds. The molecule has 0 spiro atoms. The molecule has 7 heteroatoms. The lowest BCUT2D eigenvalue weighted by Gasteiger charge is -2.36. The number of morpholine rings is 1. The topological polar surface area (TPSA) is 59.7 Å². The van der Waals surface area contributed by atoms with E-state index in [1.807, 2.05) is 6.92 Å². The van der Waals surface area contributed by atoms with Gasteiger partial charge < -0.3 is 4.74 Å². The van der Waals surface area contributed by atoms with Gasteiger partial charge in [0.1, 0.15) is 5.01 Å². The summed E-state index contributed by atoms with van der Waals surface area (Å²) in [5.74, 6) is 0. The summed E-state index contributed by atoms with van der Waals surface area (Å²) in [6.07, 6.45) is 1.04. The Balaban J connectivity index is 1.88. The summed E-state index contributed by atoms with van der Waals surface area (Å²) < 4.78 is 7.04. The van der Waals surface area contributed by atoms with E-state index in [4.69, 9.17) is 4.74 Å². The van der Waals surface area contributed by atoms with Crippen molar-refractivity contribution >= 4 is 16.3 Å². The van der Waals surface area contributed by atoms with Gasteiger partial charge in [-0.25, -0.2) is 4.98 Å². The first-order chi connectivity index (χ1) is 10.1.